The number of anilines is 1. The van der Waals surface area contributed by atoms with E-state index in [0.717, 1.165) is 25.9 Å². The quantitative estimate of drug-likeness (QED) is 0.845. The van der Waals surface area contributed by atoms with Crippen LogP contribution in [0.2, 0.25) is 0 Å². The van der Waals surface area contributed by atoms with E-state index in [-0.39, 0.29) is 17.4 Å². The molecule has 1 aliphatic rings. The Balaban J connectivity index is 1.72. The van der Waals surface area contributed by atoms with Crippen LogP contribution in [0.3, 0.4) is 0 Å². The van der Waals surface area contributed by atoms with Gasteiger partial charge in [0.15, 0.2) is 23.1 Å². The largest absolute Gasteiger partial charge is 0.320 e. The van der Waals surface area contributed by atoms with E-state index in [9.17, 15) is 18.0 Å². The SMILES string of the molecule is O=C(Nc1cc(F)c(F)c(F)c1)c1cn(C2CCNCC2)nn1. The number of carbonyl (C=O) groups is 1. The minimum atomic E-state index is -1.58. The van der Waals surface area contributed by atoms with Crippen LogP contribution in [0.4, 0.5) is 18.9 Å². The van der Waals surface area contributed by atoms with Crippen LogP contribution in [0, 0.1) is 17.5 Å². The average molecular weight is 325 g/mol. The number of rotatable bonds is 3. The predicted molar refractivity (Wildman–Crippen MR) is 75.4 cm³/mol. The van der Waals surface area contributed by atoms with E-state index in [0.29, 0.717) is 12.1 Å². The molecule has 1 fully saturated rings. The topological polar surface area (TPSA) is 71.8 Å². The first-order valence-corrected chi connectivity index (χ1v) is 7.13. The molecule has 0 bridgehead atoms. The fraction of sp³-hybridized carbons (Fsp3) is 0.357. The highest BCUT2D eigenvalue weighted by Crippen LogP contribution is 2.19. The van der Waals surface area contributed by atoms with Gasteiger partial charge in [0.05, 0.1) is 12.2 Å². The molecule has 3 rings (SSSR count). The zero-order chi connectivity index (χ0) is 16.4. The van der Waals surface area contributed by atoms with Crippen LogP contribution in [0.1, 0.15) is 29.4 Å². The molecule has 1 amide bonds. The van der Waals surface area contributed by atoms with Crippen molar-refractivity contribution in [2.45, 2.75) is 18.9 Å². The van der Waals surface area contributed by atoms with Gasteiger partial charge in [0, 0.05) is 17.8 Å². The van der Waals surface area contributed by atoms with Gasteiger partial charge in [0.1, 0.15) is 0 Å². The van der Waals surface area contributed by atoms with Gasteiger partial charge in [-0.1, -0.05) is 5.21 Å². The fourth-order valence-corrected chi connectivity index (χ4v) is 2.45. The normalized spacial score (nSPS) is 15.6. The third-order valence-corrected chi connectivity index (χ3v) is 3.67. The van der Waals surface area contributed by atoms with Gasteiger partial charge in [0.25, 0.3) is 5.91 Å². The summed E-state index contributed by atoms with van der Waals surface area (Å²) in [7, 11) is 0. The van der Waals surface area contributed by atoms with Crippen molar-refractivity contribution in [1.82, 2.24) is 20.3 Å². The van der Waals surface area contributed by atoms with E-state index in [2.05, 4.69) is 20.9 Å². The Labute approximate surface area is 129 Å². The van der Waals surface area contributed by atoms with Crippen molar-refractivity contribution >= 4 is 11.6 Å². The van der Waals surface area contributed by atoms with Gasteiger partial charge in [-0.2, -0.15) is 0 Å². The molecule has 0 saturated carbocycles. The van der Waals surface area contributed by atoms with Crippen molar-refractivity contribution in [3.05, 3.63) is 41.5 Å². The number of piperidine rings is 1. The van der Waals surface area contributed by atoms with Crippen LogP contribution in [-0.2, 0) is 0 Å². The van der Waals surface area contributed by atoms with E-state index < -0.39 is 23.4 Å². The molecule has 23 heavy (non-hydrogen) atoms. The second kappa shape index (κ2) is 6.37. The molecular formula is C14H14F3N5O. The summed E-state index contributed by atoms with van der Waals surface area (Å²) in [6.45, 7) is 1.72. The maximum absolute atomic E-state index is 13.1. The molecule has 9 heteroatoms. The van der Waals surface area contributed by atoms with E-state index >= 15 is 0 Å². The number of nitrogens with one attached hydrogen (secondary N) is 2. The molecule has 0 aliphatic carbocycles. The van der Waals surface area contributed by atoms with Gasteiger partial charge in [-0.15, -0.1) is 5.10 Å². The maximum Gasteiger partial charge on any atom is 0.277 e. The number of hydrogen-bond acceptors (Lipinski definition) is 4. The lowest BCUT2D eigenvalue weighted by molar-refractivity contribution is 0.102. The number of carbonyl (C=O) groups excluding carboxylic acids is 1. The third-order valence-electron chi connectivity index (χ3n) is 3.67. The summed E-state index contributed by atoms with van der Waals surface area (Å²) in [6.07, 6.45) is 3.24. The molecule has 0 atom stereocenters. The molecule has 0 unspecified atom stereocenters. The monoisotopic (exact) mass is 325 g/mol. The van der Waals surface area contributed by atoms with Crippen molar-refractivity contribution < 1.29 is 18.0 Å². The van der Waals surface area contributed by atoms with E-state index in [1.54, 1.807) is 4.68 Å². The van der Waals surface area contributed by atoms with Gasteiger partial charge in [-0.3, -0.25) is 4.79 Å². The first-order chi connectivity index (χ1) is 11.0. The van der Waals surface area contributed by atoms with Crippen LogP contribution in [0.25, 0.3) is 0 Å². The highest BCUT2D eigenvalue weighted by Gasteiger charge is 2.19. The highest BCUT2D eigenvalue weighted by molar-refractivity contribution is 6.02. The van der Waals surface area contributed by atoms with Crippen molar-refractivity contribution in [2.75, 3.05) is 18.4 Å². The molecular weight excluding hydrogens is 311 g/mol. The first kappa shape index (κ1) is 15.5. The Morgan fingerprint density at radius 2 is 1.87 bits per heavy atom. The number of aromatic nitrogens is 3. The number of halogens is 3. The van der Waals surface area contributed by atoms with Crippen LogP contribution in [0.15, 0.2) is 18.3 Å². The molecule has 6 nitrogen and oxygen atoms in total. The van der Waals surface area contributed by atoms with Crippen molar-refractivity contribution in [3.8, 4) is 0 Å². The zero-order valence-electron chi connectivity index (χ0n) is 12.0. The van der Waals surface area contributed by atoms with Gasteiger partial charge >= 0.3 is 0 Å². The van der Waals surface area contributed by atoms with Gasteiger partial charge in [-0.05, 0) is 25.9 Å². The minimum Gasteiger partial charge on any atom is -0.320 e. The maximum atomic E-state index is 13.1. The third kappa shape index (κ3) is 3.34. The summed E-state index contributed by atoms with van der Waals surface area (Å²) >= 11 is 0. The Bertz CT molecular complexity index is 704. The molecule has 2 heterocycles. The van der Waals surface area contributed by atoms with Crippen molar-refractivity contribution in [2.24, 2.45) is 0 Å². The molecule has 1 aromatic heterocycles. The smallest absolute Gasteiger partial charge is 0.277 e. The van der Waals surface area contributed by atoms with E-state index in [1.165, 1.54) is 6.20 Å². The summed E-state index contributed by atoms with van der Waals surface area (Å²) in [4.78, 5) is 12.0. The van der Waals surface area contributed by atoms with Crippen LogP contribution in [-0.4, -0.2) is 34.0 Å². The Morgan fingerprint density at radius 3 is 2.52 bits per heavy atom. The molecule has 1 aromatic carbocycles. The molecule has 1 aliphatic heterocycles. The predicted octanol–water partition coefficient (Wildman–Crippen LogP) is 1.87. The van der Waals surface area contributed by atoms with Gasteiger partial charge < -0.3 is 10.6 Å². The summed E-state index contributed by atoms with van der Waals surface area (Å²) < 4.78 is 40.8. The number of hydrogen-bond donors (Lipinski definition) is 2. The van der Waals surface area contributed by atoms with Crippen LogP contribution in [0.5, 0.6) is 0 Å². The number of nitrogens with zero attached hydrogens (tertiary/aromatic N) is 3. The van der Waals surface area contributed by atoms with Gasteiger partial charge in [0.2, 0.25) is 0 Å². The Morgan fingerprint density at radius 1 is 1.22 bits per heavy atom. The molecule has 2 N–H and O–H groups in total. The fourth-order valence-electron chi connectivity index (χ4n) is 2.45. The lowest BCUT2D eigenvalue weighted by Crippen LogP contribution is -2.29. The molecule has 122 valence electrons. The van der Waals surface area contributed by atoms with E-state index in [4.69, 9.17) is 0 Å². The van der Waals surface area contributed by atoms with Gasteiger partial charge in [-0.25, -0.2) is 17.9 Å². The molecule has 1 saturated heterocycles. The van der Waals surface area contributed by atoms with Crippen molar-refractivity contribution in [3.63, 3.8) is 0 Å². The number of benzene rings is 1. The van der Waals surface area contributed by atoms with Crippen molar-refractivity contribution in [1.29, 1.82) is 0 Å². The highest BCUT2D eigenvalue weighted by atomic mass is 19.2. The molecule has 2 aromatic rings. The first-order valence-electron chi connectivity index (χ1n) is 7.13. The van der Waals surface area contributed by atoms with Crippen LogP contribution >= 0.6 is 0 Å². The average Bonchev–Trinajstić information content (AvgIpc) is 3.03. The Hall–Kier alpha value is -2.42. The molecule has 0 spiro atoms. The second-order valence-electron chi connectivity index (χ2n) is 5.27. The zero-order valence-corrected chi connectivity index (χ0v) is 12.0. The standard InChI is InChI=1S/C14H14F3N5O/c15-10-5-8(6-11(16)13(10)17)19-14(23)12-7-22(21-20-12)9-1-3-18-4-2-9/h5-7,9,18H,1-4H2,(H,19,23). The number of amides is 1. The summed E-state index contributed by atoms with van der Waals surface area (Å²) in [6, 6.07) is 1.56. The van der Waals surface area contributed by atoms with E-state index in [1.807, 2.05) is 0 Å². The van der Waals surface area contributed by atoms with Crippen LogP contribution < -0.4 is 10.6 Å². The summed E-state index contributed by atoms with van der Waals surface area (Å²) in [5.41, 5.74) is -0.170. The minimum absolute atomic E-state index is 0.0219. The lowest BCUT2D eigenvalue weighted by atomic mass is 10.1. The second-order valence-corrected chi connectivity index (χ2v) is 5.27. The Kier molecular flexibility index (Phi) is 4.28. The molecule has 0 radical (unpaired) electrons. The summed E-state index contributed by atoms with van der Waals surface area (Å²) in [5, 5.41) is 13.2. The summed E-state index contributed by atoms with van der Waals surface area (Å²) in [5.74, 6) is -5.01. The lowest BCUT2D eigenvalue weighted by Gasteiger charge is -2.22.